The van der Waals surface area contributed by atoms with E-state index in [2.05, 4.69) is 36.0 Å². The Bertz CT molecular complexity index is 1170. The number of urea groups is 1. The van der Waals surface area contributed by atoms with Gasteiger partial charge in [0.05, 0.1) is 19.9 Å². The normalized spacial score (nSPS) is 10.9. The van der Waals surface area contributed by atoms with Crippen LogP contribution in [0.15, 0.2) is 42.9 Å². The largest absolute Gasteiger partial charge is 0.481 e. The molecule has 0 aliphatic carbocycles. The van der Waals surface area contributed by atoms with Crippen molar-refractivity contribution in [3.8, 4) is 17.0 Å². The van der Waals surface area contributed by atoms with Crippen LogP contribution in [0.4, 0.5) is 15.0 Å². The number of tetrazole rings is 1. The lowest BCUT2D eigenvalue weighted by Crippen LogP contribution is -2.30. The van der Waals surface area contributed by atoms with E-state index in [9.17, 15) is 9.18 Å². The molecule has 4 aromatic rings. The number of imidazole rings is 1. The van der Waals surface area contributed by atoms with Crippen molar-refractivity contribution in [3.63, 3.8) is 0 Å². The van der Waals surface area contributed by atoms with Crippen molar-refractivity contribution in [2.75, 3.05) is 25.6 Å². The third-order valence-electron chi connectivity index (χ3n) is 4.38. The number of hydrogen-bond donors (Lipinski definition) is 2. The average molecular weight is 425 g/mol. The molecule has 2 amide bonds. The predicted octanol–water partition coefficient (Wildman–Crippen LogP) is 1.73. The Morgan fingerprint density at radius 2 is 2.06 bits per heavy atom. The van der Waals surface area contributed by atoms with E-state index in [0.29, 0.717) is 36.1 Å². The fourth-order valence-electron chi connectivity index (χ4n) is 2.89. The highest BCUT2D eigenvalue weighted by Crippen LogP contribution is 2.22. The monoisotopic (exact) mass is 425 g/mol. The number of carbonyl (C=O) groups is 1. The number of fused-ring (bicyclic) bond motifs is 1. The van der Waals surface area contributed by atoms with Gasteiger partial charge in [0.25, 0.3) is 0 Å². The van der Waals surface area contributed by atoms with Crippen molar-refractivity contribution in [1.29, 1.82) is 0 Å². The summed E-state index contributed by atoms with van der Waals surface area (Å²) >= 11 is 0. The highest BCUT2D eigenvalue weighted by molar-refractivity contribution is 5.88. The lowest BCUT2D eigenvalue weighted by Gasteiger charge is -2.03. The zero-order valence-electron chi connectivity index (χ0n) is 16.7. The number of amides is 2. The lowest BCUT2D eigenvalue weighted by atomic mass is 10.1. The summed E-state index contributed by atoms with van der Waals surface area (Å²) in [6.45, 7) is -0.200. The number of aryl methyl sites for hydroxylation is 1. The van der Waals surface area contributed by atoms with Crippen molar-refractivity contribution >= 4 is 17.5 Å². The molecule has 160 valence electrons. The van der Waals surface area contributed by atoms with Gasteiger partial charge in [-0.2, -0.15) is 4.80 Å². The van der Waals surface area contributed by atoms with Crippen LogP contribution in [0.1, 0.15) is 5.82 Å². The molecule has 11 nitrogen and oxygen atoms in total. The van der Waals surface area contributed by atoms with Crippen LogP contribution in [-0.2, 0) is 13.0 Å². The Morgan fingerprint density at radius 1 is 1.19 bits per heavy atom. The maximum Gasteiger partial charge on any atom is 0.320 e. The summed E-state index contributed by atoms with van der Waals surface area (Å²) < 4.78 is 19.2. The molecule has 0 fully saturated rings. The van der Waals surface area contributed by atoms with Crippen molar-refractivity contribution < 1.29 is 13.9 Å². The number of halogens is 1. The number of alkyl halides is 1. The van der Waals surface area contributed by atoms with Crippen molar-refractivity contribution in [2.24, 2.45) is 0 Å². The van der Waals surface area contributed by atoms with E-state index in [4.69, 9.17) is 4.74 Å². The average Bonchev–Trinajstić information content (AvgIpc) is 3.39. The first kappa shape index (κ1) is 20.2. The highest BCUT2D eigenvalue weighted by atomic mass is 19.1. The van der Waals surface area contributed by atoms with E-state index in [-0.39, 0.29) is 6.54 Å². The van der Waals surface area contributed by atoms with E-state index in [0.717, 1.165) is 11.1 Å². The topological polar surface area (TPSA) is 124 Å². The third-order valence-corrected chi connectivity index (χ3v) is 4.38. The molecule has 0 aliphatic rings. The van der Waals surface area contributed by atoms with E-state index < -0.39 is 12.7 Å². The smallest absolute Gasteiger partial charge is 0.320 e. The van der Waals surface area contributed by atoms with Gasteiger partial charge in [0.15, 0.2) is 11.6 Å². The molecule has 0 aliphatic heterocycles. The number of carbonyl (C=O) groups excluding carboxylic acids is 1. The lowest BCUT2D eigenvalue weighted by molar-refractivity contribution is 0.252. The van der Waals surface area contributed by atoms with E-state index >= 15 is 0 Å². The van der Waals surface area contributed by atoms with Crippen LogP contribution < -0.4 is 15.4 Å². The summed E-state index contributed by atoms with van der Waals surface area (Å²) in [5.74, 6) is 1.39. The second-order valence-corrected chi connectivity index (χ2v) is 6.52. The van der Waals surface area contributed by atoms with Gasteiger partial charge in [-0.25, -0.2) is 19.2 Å². The van der Waals surface area contributed by atoms with Crippen molar-refractivity contribution in [3.05, 3.63) is 48.7 Å². The van der Waals surface area contributed by atoms with Gasteiger partial charge in [-0.1, -0.05) is 0 Å². The molecule has 0 radical (unpaired) electrons. The number of anilines is 1. The van der Waals surface area contributed by atoms with Crippen LogP contribution in [0.25, 0.3) is 16.8 Å². The summed E-state index contributed by atoms with van der Waals surface area (Å²) in [6, 6.07) is 7.09. The molecular formula is C19H20FN9O2. The minimum Gasteiger partial charge on any atom is -0.481 e. The second kappa shape index (κ2) is 9.15. The van der Waals surface area contributed by atoms with Crippen LogP contribution in [-0.4, -0.2) is 60.9 Å². The van der Waals surface area contributed by atoms with Crippen molar-refractivity contribution in [2.45, 2.75) is 13.0 Å². The second-order valence-electron chi connectivity index (χ2n) is 6.52. The molecule has 31 heavy (non-hydrogen) atoms. The Kier molecular flexibility index (Phi) is 5.96. The molecule has 4 heterocycles. The molecule has 0 spiro atoms. The van der Waals surface area contributed by atoms with E-state index in [1.165, 1.54) is 4.80 Å². The number of pyridine rings is 2. The van der Waals surface area contributed by atoms with Gasteiger partial charge >= 0.3 is 6.03 Å². The SMILES string of the molecule is COc1ccc(-c2ccc3nc(NC(=O)NCCc4nnn(CCF)n4)cn3c2)cn1. The number of methoxy groups -OCH3 is 1. The fourth-order valence-corrected chi connectivity index (χ4v) is 2.89. The van der Waals surface area contributed by atoms with E-state index in [1.807, 2.05) is 28.8 Å². The van der Waals surface area contributed by atoms with Crippen molar-refractivity contribution in [1.82, 2.24) is 39.9 Å². The van der Waals surface area contributed by atoms with Gasteiger partial charge in [0.2, 0.25) is 5.88 Å². The first-order chi connectivity index (χ1) is 15.1. The van der Waals surface area contributed by atoms with Gasteiger partial charge in [0, 0.05) is 37.0 Å². The molecule has 0 bridgehead atoms. The molecule has 0 aromatic carbocycles. The Labute approximate surface area is 176 Å². The van der Waals surface area contributed by atoms with Gasteiger partial charge in [-0.15, -0.1) is 10.2 Å². The highest BCUT2D eigenvalue weighted by Gasteiger charge is 2.09. The molecule has 2 N–H and O–H groups in total. The number of rotatable bonds is 8. The molecule has 4 aromatic heterocycles. The summed E-state index contributed by atoms with van der Waals surface area (Å²) in [4.78, 5) is 21.9. The van der Waals surface area contributed by atoms with Crippen LogP contribution >= 0.6 is 0 Å². The summed E-state index contributed by atoms with van der Waals surface area (Å²) in [6.07, 6.45) is 5.74. The zero-order chi connectivity index (χ0) is 21.6. The number of nitrogens with one attached hydrogen (secondary N) is 2. The minimum absolute atomic E-state index is 0.0610. The number of nitrogens with zero attached hydrogens (tertiary/aromatic N) is 7. The van der Waals surface area contributed by atoms with Gasteiger partial charge in [0.1, 0.15) is 12.3 Å². The Balaban J connectivity index is 1.34. The molecule has 12 heteroatoms. The number of aromatic nitrogens is 7. The van der Waals surface area contributed by atoms with Crippen LogP contribution in [0.3, 0.4) is 0 Å². The molecule has 4 rings (SSSR count). The van der Waals surface area contributed by atoms with E-state index in [1.54, 1.807) is 25.6 Å². The van der Waals surface area contributed by atoms with Gasteiger partial charge < -0.3 is 14.5 Å². The summed E-state index contributed by atoms with van der Waals surface area (Å²) in [5, 5.41) is 16.9. The molecular weight excluding hydrogens is 405 g/mol. The molecule has 0 saturated carbocycles. The third kappa shape index (κ3) is 4.91. The van der Waals surface area contributed by atoms with Crippen LogP contribution in [0.5, 0.6) is 5.88 Å². The molecule has 0 atom stereocenters. The molecule has 0 unspecified atom stereocenters. The standard InChI is InChI=1S/C19H20FN9O2/c1-31-18-5-3-13(10-22-18)14-2-4-17-23-16(12-28(17)11-14)24-19(30)21-8-6-15-25-27-29(26-15)9-7-20/h2-5,10-12H,6-9H2,1H3,(H2,21,24,30). The Morgan fingerprint density at radius 3 is 2.84 bits per heavy atom. The number of ether oxygens (including phenoxy) is 1. The van der Waals surface area contributed by atoms with Gasteiger partial charge in [-0.3, -0.25) is 5.32 Å². The first-order valence-electron chi connectivity index (χ1n) is 9.51. The minimum atomic E-state index is -0.562. The quantitative estimate of drug-likeness (QED) is 0.440. The zero-order valence-corrected chi connectivity index (χ0v) is 16.7. The maximum absolute atomic E-state index is 12.3. The predicted molar refractivity (Wildman–Crippen MR) is 109 cm³/mol. The summed E-state index contributed by atoms with van der Waals surface area (Å²) in [7, 11) is 1.57. The van der Waals surface area contributed by atoms with Crippen LogP contribution in [0, 0.1) is 0 Å². The molecule has 0 saturated heterocycles. The number of hydrogen-bond acceptors (Lipinski definition) is 7. The summed E-state index contributed by atoms with van der Waals surface area (Å²) in [5.41, 5.74) is 2.57. The van der Waals surface area contributed by atoms with Crippen LogP contribution in [0.2, 0.25) is 0 Å². The van der Waals surface area contributed by atoms with Gasteiger partial charge in [-0.05, 0) is 29.0 Å². The maximum atomic E-state index is 12.3. The first-order valence-corrected chi connectivity index (χ1v) is 9.51. The fraction of sp³-hybridized carbons (Fsp3) is 0.263. The Hall–Kier alpha value is -4.09.